The number of esters is 2. The number of rotatable bonds is 52. The van der Waals surface area contributed by atoms with E-state index in [-0.39, 0.29) is 57.6 Å². The summed E-state index contributed by atoms with van der Waals surface area (Å²) in [6.45, 7) is 8.69. The zero-order valence-electron chi connectivity index (χ0n) is 53.9. The predicted octanol–water partition coefficient (Wildman–Crippen LogP) is 16.6. The van der Waals surface area contributed by atoms with Crippen LogP contribution in [0.1, 0.15) is 269 Å². The second-order valence-electron chi connectivity index (χ2n) is 24.4. The molecule has 0 bridgehead atoms. The summed E-state index contributed by atoms with van der Waals surface area (Å²) in [7, 11) is 0. The van der Waals surface area contributed by atoms with E-state index in [2.05, 4.69) is 31.4 Å². The van der Waals surface area contributed by atoms with Gasteiger partial charge in [-0.2, -0.15) is 0 Å². The summed E-state index contributed by atoms with van der Waals surface area (Å²) in [5.41, 5.74) is 2.58. The van der Waals surface area contributed by atoms with Gasteiger partial charge in [0.15, 0.2) is 12.3 Å². The summed E-state index contributed by atoms with van der Waals surface area (Å²) in [5.74, 6) is -1.80. The molecule has 2 amide bonds. The number of amides is 2. The third kappa shape index (κ3) is 33.6. The number of ether oxygens (including phenoxy) is 6. The van der Waals surface area contributed by atoms with Gasteiger partial charge >= 0.3 is 11.9 Å². The normalized spacial score (nSPS) is 17.8. The van der Waals surface area contributed by atoms with Crippen LogP contribution in [0.3, 0.4) is 0 Å². The number of nitrogens with one attached hydrogen (secondary N) is 2. The molecule has 0 saturated carbocycles. The number of benzene rings is 3. The van der Waals surface area contributed by atoms with Crippen LogP contribution in [0.15, 0.2) is 91.0 Å². The quantitative estimate of drug-likeness (QED) is 0.0363. The molecule has 0 spiro atoms. The Labute approximate surface area is 520 Å². The van der Waals surface area contributed by atoms with Crippen molar-refractivity contribution in [2.24, 2.45) is 0 Å². The highest BCUT2D eigenvalue weighted by Crippen LogP contribution is 2.29. The predicted molar refractivity (Wildman–Crippen MR) is 345 cm³/mol. The van der Waals surface area contributed by atoms with Crippen LogP contribution in [0.2, 0.25) is 0 Å². The number of hydrogen-bond acceptors (Lipinski definition) is 11. The highest BCUT2D eigenvalue weighted by Gasteiger charge is 2.49. The highest BCUT2D eigenvalue weighted by molar-refractivity contribution is 5.85. The molecule has 13 nitrogen and oxygen atoms in total. The lowest BCUT2D eigenvalue weighted by atomic mass is 9.95. The van der Waals surface area contributed by atoms with Gasteiger partial charge in [0.1, 0.15) is 37.1 Å². The lowest BCUT2D eigenvalue weighted by Crippen LogP contribution is -2.66. The van der Waals surface area contributed by atoms with Crippen LogP contribution in [-0.4, -0.2) is 84.4 Å². The molecule has 0 unspecified atom stereocenters. The van der Waals surface area contributed by atoms with Gasteiger partial charge in [0, 0.05) is 12.8 Å². The van der Waals surface area contributed by atoms with Gasteiger partial charge in [-0.15, -0.1) is 0 Å². The van der Waals surface area contributed by atoms with E-state index < -0.39 is 60.8 Å². The van der Waals surface area contributed by atoms with Crippen LogP contribution < -0.4 is 10.6 Å². The SMILES string of the molecule is CCCCCCCCCCCCCC(=O)N[C@H](C(=O)OCc1ccccc1)[C@H](C)O[C@@H]1O[C@H](COCc2ccccc2)[C@@H](OCc2ccccc2)[C@H](O)[C@H]1NC(=O)C[C@@H](CCCCCCCCCCC)OC(=O)CCCCCCCCCCCCC. The molecule has 3 N–H and O–H groups in total. The average molecular weight is 1200 g/mol. The molecule has 3 aromatic rings. The fraction of sp³-hybridized carbons (Fsp3) is 0.699. The number of unbranched alkanes of at least 4 members (excludes halogenated alkanes) is 28. The fourth-order valence-electron chi connectivity index (χ4n) is 11.4. The molecule has 3 aromatic carbocycles. The first-order valence-corrected chi connectivity index (χ1v) is 34.4. The Morgan fingerprint density at radius 1 is 0.523 bits per heavy atom. The van der Waals surface area contributed by atoms with Gasteiger partial charge < -0.3 is 44.2 Å². The van der Waals surface area contributed by atoms with Crippen LogP contribution in [0, 0.1) is 0 Å². The molecule has 1 fully saturated rings. The molecule has 1 heterocycles. The summed E-state index contributed by atoms with van der Waals surface area (Å²) < 4.78 is 38.4. The molecule has 0 aliphatic carbocycles. The first-order valence-electron chi connectivity index (χ1n) is 34.4. The Bertz CT molecular complexity index is 2150. The third-order valence-corrected chi connectivity index (χ3v) is 16.6. The minimum atomic E-state index is -1.42. The van der Waals surface area contributed by atoms with E-state index in [9.17, 15) is 24.3 Å². The van der Waals surface area contributed by atoms with Crippen LogP contribution in [-0.2, 0) is 67.4 Å². The first-order chi connectivity index (χ1) is 42.1. The molecule has 13 heteroatoms. The molecular formula is C73H116N2O11. The van der Waals surface area contributed by atoms with E-state index in [0.29, 0.717) is 12.8 Å². The second kappa shape index (κ2) is 48.3. The summed E-state index contributed by atoms with van der Waals surface area (Å²) in [6.07, 6.45) is 30.0. The van der Waals surface area contributed by atoms with E-state index in [0.717, 1.165) is 87.3 Å². The summed E-state index contributed by atoms with van der Waals surface area (Å²) >= 11 is 0. The van der Waals surface area contributed by atoms with Gasteiger partial charge in [-0.3, -0.25) is 14.4 Å². The topological polar surface area (TPSA) is 168 Å². The van der Waals surface area contributed by atoms with Crippen molar-refractivity contribution in [1.82, 2.24) is 10.6 Å². The second-order valence-corrected chi connectivity index (χ2v) is 24.4. The minimum absolute atomic E-state index is 0.0194. The Kier molecular flexibility index (Phi) is 41.4. The van der Waals surface area contributed by atoms with Gasteiger partial charge in [-0.05, 0) is 49.3 Å². The third-order valence-electron chi connectivity index (χ3n) is 16.6. The van der Waals surface area contributed by atoms with E-state index in [1.54, 1.807) is 6.92 Å². The van der Waals surface area contributed by atoms with Crippen molar-refractivity contribution < 1.29 is 52.7 Å². The Morgan fingerprint density at radius 3 is 1.44 bits per heavy atom. The van der Waals surface area contributed by atoms with Crippen molar-refractivity contribution in [3.05, 3.63) is 108 Å². The molecule has 8 atom stereocenters. The number of aliphatic hydroxyl groups is 1. The van der Waals surface area contributed by atoms with Crippen LogP contribution in [0.4, 0.5) is 0 Å². The van der Waals surface area contributed by atoms with Crippen LogP contribution >= 0.6 is 0 Å². The minimum Gasteiger partial charge on any atom is -0.462 e. The van der Waals surface area contributed by atoms with E-state index in [1.165, 1.54) is 122 Å². The molecule has 4 rings (SSSR count). The highest BCUT2D eigenvalue weighted by atomic mass is 16.7. The Balaban J connectivity index is 1.54. The van der Waals surface area contributed by atoms with Gasteiger partial charge in [0.2, 0.25) is 11.8 Å². The molecule has 0 aromatic heterocycles. The van der Waals surface area contributed by atoms with Gasteiger partial charge in [0.05, 0.1) is 32.3 Å². The maximum Gasteiger partial charge on any atom is 0.331 e. The van der Waals surface area contributed by atoms with E-state index in [4.69, 9.17) is 28.4 Å². The van der Waals surface area contributed by atoms with Crippen LogP contribution in [0.5, 0.6) is 0 Å². The Morgan fingerprint density at radius 2 is 0.953 bits per heavy atom. The molecule has 86 heavy (non-hydrogen) atoms. The van der Waals surface area contributed by atoms with Crippen molar-refractivity contribution in [2.75, 3.05) is 6.61 Å². The van der Waals surface area contributed by atoms with Crippen molar-refractivity contribution >= 4 is 23.8 Å². The van der Waals surface area contributed by atoms with Gasteiger partial charge in [-0.25, -0.2) is 4.79 Å². The lowest BCUT2D eigenvalue weighted by molar-refractivity contribution is -0.293. The summed E-state index contributed by atoms with van der Waals surface area (Å²) in [6, 6.07) is 26.1. The number of hydrogen-bond donors (Lipinski definition) is 3. The Hall–Kier alpha value is -4.66. The maximum atomic E-state index is 14.6. The monoisotopic (exact) mass is 1200 g/mol. The zero-order valence-corrected chi connectivity index (χ0v) is 53.9. The van der Waals surface area contributed by atoms with E-state index >= 15 is 0 Å². The molecule has 0 radical (unpaired) electrons. The molecule has 1 saturated heterocycles. The largest absolute Gasteiger partial charge is 0.462 e. The molecule has 1 aliphatic rings. The van der Waals surface area contributed by atoms with Crippen molar-refractivity contribution in [3.8, 4) is 0 Å². The van der Waals surface area contributed by atoms with Crippen LogP contribution in [0.25, 0.3) is 0 Å². The lowest BCUT2D eigenvalue weighted by Gasteiger charge is -2.45. The number of carbonyl (C=O) groups excluding carboxylic acids is 4. The maximum absolute atomic E-state index is 14.6. The van der Waals surface area contributed by atoms with Gasteiger partial charge in [-0.1, -0.05) is 292 Å². The van der Waals surface area contributed by atoms with E-state index in [1.807, 2.05) is 91.0 Å². The summed E-state index contributed by atoms with van der Waals surface area (Å²) in [5, 5.41) is 18.7. The number of aliphatic hydroxyl groups excluding tert-OH is 1. The standard InChI is InChI=1S/C73H116N2O11/c1-5-8-11-14-17-20-22-25-28-31-43-52-65(76)74-68(72(80)83-57-62-49-40-35-41-50-62)59(4)84-73-69(70(79)71(82-56-61-47-38-34-39-48-61)64(86-73)58-81-55-60-45-36-33-37-46-60)75-66(77)54-63(51-42-30-27-24-19-16-13-10-7-3)85-67(78)53-44-32-29-26-23-21-18-15-12-9-6-2/h33-41,45-50,59,63-64,68-71,73,79H,5-32,42-44,51-58H2,1-4H3,(H,74,76)(H,75,77)/t59-,63+,64+,68-,69+,70+,71+,73+/m0/s1. The molecule has 484 valence electrons. The smallest absolute Gasteiger partial charge is 0.331 e. The van der Waals surface area contributed by atoms with Crippen molar-refractivity contribution in [1.29, 1.82) is 0 Å². The van der Waals surface area contributed by atoms with Crippen molar-refractivity contribution in [2.45, 2.75) is 321 Å². The van der Waals surface area contributed by atoms with Gasteiger partial charge in [0.25, 0.3) is 0 Å². The van der Waals surface area contributed by atoms with Crippen molar-refractivity contribution in [3.63, 3.8) is 0 Å². The average Bonchev–Trinajstić information content (AvgIpc) is 1.16. The first kappa shape index (κ1) is 73.8. The number of carbonyl (C=O) groups is 4. The molecular weight excluding hydrogens is 1080 g/mol. The molecule has 1 aliphatic heterocycles. The zero-order chi connectivity index (χ0) is 61.5. The summed E-state index contributed by atoms with van der Waals surface area (Å²) in [4.78, 5) is 56.3. The fourth-order valence-corrected chi connectivity index (χ4v) is 11.4.